The van der Waals surface area contributed by atoms with Crippen LogP contribution >= 0.6 is 11.6 Å². The number of rotatable bonds is 2. The van der Waals surface area contributed by atoms with Crippen molar-refractivity contribution < 1.29 is 17.6 Å². The lowest BCUT2D eigenvalue weighted by molar-refractivity contribution is 0.459. The molecule has 7 heteroatoms. The van der Waals surface area contributed by atoms with Gasteiger partial charge in [-0.15, -0.1) is 0 Å². The van der Waals surface area contributed by atoms with Gasteiger partial charge in [-0.25, -0.2) is 17.6 Å². The largest absolute Gasteiger partial charge is 0.349 e. The van der Waals surface area contributed by atoms with Crippen LogP contribution in [0.4, 0.5) is 28.9 Å². The minimum absolute atomic E-state index is 0.0269. The van der Waals surface area contributed by atoms with Crippen LogP contribution in [0.3, 0.4) is 0 Å². The van der Waals surface area contributed by atoms with Crippen LogP contribution in [0.5, 0.6) is 0 Å². The fraction of sp³-hybridized carbons (Fsp3) is 0. The summed E-state index contributed by atoms with van der Waals surface area (Å²) in [7, 11) is 0. The summed E-state index contributed by atoms with van der Waals surface area (Å²) in [4.78, 5) is 0. The van der Waals surface area contributed by atoms with Gasteiger partial charge in [0.25, 0.3) is 0 Å². The Morgan fingerprint density at radius 3 is 2.15 bits per heavy atom. The quantitative estimate of drug-likeness (QED) is 0.654. The molecule has 2 nitrogen and oxygen atoms in total. The summed E-state index contributed by atoms with van der Waals surface area (Å²) in [6, 6.07) is 5.71. The molecule has 0 amide bonds. The number of halogens is 5. The zero-order valence-electron chi connectivity index (χ0n) is 9.65. The van der Waals surface area contributed by atoms with Crippen LogP contribution in [0.15, 0.2) is 24.3 Å². The standard InChI is InChI=1S/C13H5ClF4N2/c14-7-1-2-10(6(3-7)5-19)20-13-11(17)8(15)4-9(16)12(13)18/h1-4,20H. The van der Waals surface area contributed by atoms with Crippen LogP contribution < -0.4 is 5.32 Å². The van der Waals surface area contributed by atoms with E-state index in [0.717, 1.165) is 0 Å². The van der Waals surface area contributed by atoms with Crippen molar-refractivity contribution in [3.63, 3.8) is 0 Å². The Labute approximate surface area is 116 Å². The van der Waals surface area contributed by atoms with E-state index < -0.39 is 29.0 Å². The smallest absolute Gasteiger partial charge is 0.185 e. The molecule has 0 aliphatic carbocycles. The summed E-state index contributed by atoms with van der Waals surface area (Å²) >= 11 is 5.66. The molecule has 2 rings (SSSR count). The Hall–Kier alpha value is -2.26. The van der Waals surface area contributed by atoms with Gasteiger partial charge >= 0.3 is 0 Å². The molecule has 0 radical (unpaired) electrons. The van der Waals surface area contributed by atoms with Gasteiger partial charge in [0.2, 0.25) is 0 Å². The summed E-state index contributed by atoms with van der Waals surface area (Å²) in [6.07, 6.45) is 0. The third kappa shape index (κ3) is 2.53. The molecule has 2 aromatic carbocycles. The minimum Gasteiger partial charge on any atom is -0.349 e. The van der Waals surface area contributed by atoms with Crippen LogP contribution in [0.25, 0.3) is 0 Å². The molecule has 1 N–H and O–H groups in total. The molecule has 0 aliphatic rings. The van der Waals surface area contributed by atoms with Gasteiger partial charge in [0.15, 0.2) is 23.3 Å². The molecule has 0 bridgehead atoms. The van der Waals surface area contributed by atoms with Crippen LogP contribution in [0, 0.1) is 34.6 Å². The second-order valence-corrected chi connectivity index (χ2v) is 4.21. The van der Waals surface area contributed by atoms with Crippen LogP contribution in [-0.4, -0.2) is 0 Å². The predicted octanol–water partition coefficient (Wildman–Crippen LogP) is 4.51. The number of nitrogens with zero attached hydrogens (tertiary/aromatic N) is 1. The van der Waals surface area contributed by atoms with E-state index in [1.54, 1.807) is 6.07 Å². The van der Waals surface area contributed by atoms with Gasteiger partial charge in [0.1, 0.15) is 11.8 Å². The van der Waals surface area contributed by atoms with Crippen molar-refractivity contribution >= 4 is 23.0 Å². The Balaban J connectivity index is 2.54. The second-order valence-electron chi connectivity index (χ2n) is 3.77. The first kappa shape index (κ1) is 14.2. The van der Waals surface area contributed by atoms with Gasteiger partial charge in [-0.05, 0) is 18.2 Å². The molecule has 0 unspecified atom stereocenters. The van der Waals surface area contributed by atoms with Gasteiger partial charge in [0, 0.05) is 11.1 Å². The van der Waals surface area contributed by atoms with Crippen molar-refractivity contribution in [3.05, 3.63) is 58.1 Å². The van der Waals surface area contributed by atoms with E-state index >= 15 is 0 Å². The Kier molecular flexibility index (Phi) is 3.81. The Morgan fingerprint density at radius 1 is 1.00 bits per heavy atom. The molecule has 0 atom stereocenters. The van der Waals surface area contributed by atoms with Crippen molar-refractivity contribution in [1.82, 2.24) is 0 Å². The molecule has 0 spiro atoms. The number of nitrogens with one attached hydrogen (secondary N) is 1. The number of hydrogen-bond donors (Lipinski definition) is 1. The first-order valence-electron chi connectivity index (χ1n) is 5.23. The molecule has 0 fully saturated rings. The van der Waals surface area contributed by atoms with Gasteiger partial charge in [-0.3, -0.25) is 0 Å². The summed E-state index contributed by atoms with van der Waals surface area (Å²) in [5.74, 6) is -6.25. The molecule has 0 heterocycles. The van der Waals surface area contributed by atoms with E-state index in [4.69, 9.17) is 16.9 Å². The molecular formula is C13H5ClF4N2. The molecule has 0 aliphatic heterocycles. The normalized spacial score (nSPS) is 10.2. The van der Waals surface area contributed by atoms with Gasteiger partial charge in [-0.1, -0.05) is 11.6 Å². The van der Waals surface area contributed by atoms with Crippen molar-refractivity contribution in [1.29, 1.82) is 5.26 Å². The van der Waals surface area contributed by atoms with Crippen molar-refractivity contribution in [2.75, 3.05) is 5.32 Å². The Morgan fingerprint density at radius 2 is 1.60 bits per heavy atom. The third-order valence-electron chi connectivity index (χ3n) is 2.47. The maximum absolute atomic E-state index is 13.5. The SMILES string of the molecule is N#Cc1cc(Cl)ccc1Nc1c(F)c(F)cc(F)c1F. The molecule has 0 saturated carbocycles. The lowest BCUT2D eigenvalue weighted by atomic mass is 10.1. The van der Waals surface area contributed by atoms with Crippen LogP contribution in [0.1, 0.15) is 5.56 Å². The first-order valence-corrected chi connectivity index (χ1v) is 5.61. The van der Waals surface area contributed by atoms with E-state index in [9.17, 15) is 17.6 Å². The van der Waals surface area contributed by atoms with E-state index in [1.165, 1.54) is 18.2 Å². The molecule has 0 aromatic heterocycles. The maximum atomic E-state index is 13.5. The van der Waals surface area contributed by atoms with Crippen LogP contribution in [-0.2, 0) is 0 Å². The number of benzene rings is 2. The lowest BCUT2D eigenvalue weighted by Crippen LogP contribution is -2.04. The lowest BCUT2D eigenvalue weighted by Gasteiger charge is -2.11. The number of hydrogen-bond acceptors (Lipinski definition) is 2. The van der Waals surface area contributed by atoms with Gasteiger partial charge in [-0.2, -0.15) is 5.26 Å². The molecular weight excluding hydrogens is 296 g/mol. The van der Waals surface area contributed by atoms with Crippen molar-refractivity contribution in [2.45, 2.75) is 0 Å². The monoisotopic (exact) mass is 300 g/mol. The number of anilines is 2. The van der Waals surface area contributed by atoms with Crippen molar-refractivity contribution in [3.8, 4) is 6.07 Å². The fourth-order valence-electron chi connectivity index (χ4n) is 1.54. The maximum Gasteiger partial charge on any atom is 0.185 e. The number of nitriles is 1. The van der Waals surface area contributed by atoms with E-state index in [2.05, 4.69) is 5.32 Å². The Bertz CT molecular complexity index is 699. The zero-order valence-corrected chi connectivity index (χ0v) is 10.4. The molecule has 102 valence electrons. The predicted molar refractivity (Wildman–Crippen MR) is 65.7 cm³/mol. The highest BCUT2D eigenvalue weighted by Crippen LogP contribution is 2.29. The summed E-state index contributed by atoms with van der Waals surface area (Å²) < 4.78 is 53.1. The highest BCUT2D eigenvalue weighted by Gasteiger charge is 2.20. The van der Waals surface area contributed by atoms with Gasteiger partial charge in [0.05, 0.1) is 11.3 Å². The topological polar surface area (TPSA) is 35.8 Å². The zero-order chi connectivity index (χ0) is 14.9. The average molecular weight is 301 g/mol. The third-order valence-corrected chi connectivity index (χ3v) is 2.71. The minimum atomic E-state index is -1.58. The first-order chi connectivity index (χ1) is 9.43. The summed E-state index contributed by atoms with van der Waals surface area (Å²) in [5, 5.41) is 11.3. The van der Waals surface area contributed by atoms with E-state index in [-0.39, 0.29) is 22.3 Å². The van der Waals surface area contributed by atoms with Crippen LogP contribution in [0.2, 0.25) is 5.02 Å². The van der Waals surface area contributed by atoms with Gasteiger partial charge < -0.3 is 5.32 Å². The molecule has 0 saturated heterocycles. The second kappa shape index (κ2) is 5.39. The molecule has 2 aromatic rings. The summed E-state index contributed by atoms with van der Waals surface area (Å²) in [5.41, 5.74) is -1.07. The van der Waals surface area contributed by atoms with E-state index in [1.807, 2.05) is 0 Å². The highest BCUT2D eigenvalue weighted by molar-refractivity contribution is 6.30. The average Bonchev–Trinajstić information content (AvgIpc) is 2.42. The molecule has 20 heavy (non-hydrogen) atoms. The highest BCUT2D eigenvalue weighted by atomic mass is 35.5. The van der Waals surface area contributed by atoms with Crippen molar-refractivity contribution in [2.24, 2.45) is 0 Å². The summed E-state index contributed by atoms with van der Waals surface area (Å²) in [6.45, 7) is 0. The van der Waals surface area contributed by atoms with E-state index in [0.29, 0.717) is 0 Å². The fourth-order valence-corrected chi connectivity index (χ4v) is 1.71.